The van der Waals surface area contributed by atoms with E-state index in [1.807, 2.05) is 18.2 Å². The molecule has 2 aliphatic rings. The summed E-state index contributed by atoms with van der Waals surface area (Å²) in [4.78, 5) is 0. The van der Waals surface area contributed by atoms with Crippen molar-refractivity contribution < 1.29 is 9.16 Å². The van der Waals surface area contributed by atoms with Gasteiger partial charge in [0, 0.05) is 12.0 Å². The van der Waals surface area contributed by atoms with E-state index in [4.69, 9.17) is 9.16 Å². The molecule has 0 bridgehead atoms. The lowest BCUT2D eigenvalue weighted by Gasteiger charge is -2.56. The molecule has 0 radical (unpaired) electrons. The first-order chi connectivity index (χ1) is 12.8. The molecule has 1 unspecified atom stereocenters. The number of hydrogen-bond donors (Lipinski definition) is 0. The van der Waals surface area contributed by atoms with Crippen LogP contribution in [0.15, 0.2) is 30.3 Å². The number of benzene rings is 1. The van der Waals surface area contributed by atoms with Crippen molar-refractivity contribution in [3.8, 4) is 6.07 Å². The summed E-state index contributed by atoms with van der Waals surface area (Å²) >= 11 is 0. The van der Waals surface area contributed by atoms with Crippen LogP contribution in [0.5, 0.6) is 0 Å². The summed E-state index contributed by atoms with van der Waals surface area (Å²) in [7, 11) is -1.66. The van der Waals surface area contributed by atoms with E-state index in [0.717, 1.165) is 19.3 Å². The summed E-state index contributed by atoms with van der Waals surface area (Å²) < 4.78 is 12.8. The third kappa shape index (κ3) is 4.64. The summed E-state index contributed by atoms with van der Waals surface area (Å²) in [5.74, 6) is 0.278. The standard InChI is InChI=1S/C23H35NO2Si/c1-22-13-8-12-20(26-27(2,3)4)21(22)23(17-24,15-9-14-22)18-25-16-19-10-6-5-7-11-19/h5-7,10-11,20-21H,8-9,12-16,18H2,1-4H3/t20-,21?,22+,23-/m1/s1. The number of rotatable bonds is 6. The second-order valence-corrected chi connectivity index (χ2v) is 14.4. The fourth-order valence-corrected chi connectivity index (χ4v) is 6.73. The lowest BCUT2D eigenvalue weighted by molar-refractivity contribution is -0.121. The number of nitriles is 1. The van der Waals surface area contributed by atoms with Crippen molar-refractivity contribution in [2.45, 2.75) is 77.8 Å². The molecular weight excluding hydrogens is 350 g/mol. The van der Waals surface area contributed by atoms with Gasteiger partial charge in [0.2, 0.25) is 0 Å². The van der Waals surface area contributed by atoms with Gasteiger partial charge >= 0.3 is 0 Å². The second-order valence-electron chi connectivity index (χ2n) is 9.89. The van der Waals surface area contributed by atoms with Crippen molar-refractivity contribution in [3.05, 3.63) is 35.9 Å². The molecule has 0 amide bonds. The van der Waals surface area contributed by atoms with Crippen molar-refractivity contribution in [2.75, 3.05) is 6.61 Å². The number of hydrogen-bond acceptors (Lipinski definition) is 3. The Hall–Kier alpha value is -1.15. The van der Waals surface area contributed by atoms with E-state index in [-0.39, 0.29) is 17.4 Å². The Morgan fingerprint density at radius 1 is 1.11 bits per heavy atom. The van der Waals surface area contributed by atoms with Crippen LogP contribution in [0.3, 0.4) is 0 Å². The summed E-state index contributed by atoms with van der Waals surface area (Å²) in [6.07, 6.45) is 6.99. The SMILES string of the molecule is C[C@@]12CCC[C@@H](O[Si](C)(C)C)C1[C@](C#N)(COCc1ccccc1)CCC2. The molecule has 4 heteroatoms. The molecule has 0 aliphatic heterocycles. The van der Waals surface area contributed by atoms with Crippen LogP contribution in [0.1, 0.15) is 51.0 Å². The maximum Gasteiger partial charge on any atom is 0.184 e. The fourth-order valence-electron chi connectivity index (χ4n) is 5.57. The Labute approximate surface area is 166 Å². The van der Waals surface area contributed by atoms with Gasteiger partial charge in [0.05, 0.1) is 24.7 Å². The van der Waals surface area contributed by atoms with Crippen LogP contribution in [0.4, 0.5) is 0 Å². The first-order valence-electron chi connectivity index (χ1n) is 10.5. The van der Waals surface area contributed by atoms with Crippen LogP contribution < -0.4 is 0 Å². The van der Waals surface area contributed by atoms with Gasteiger partial charge < -0.3 is 9.16 Å². The highest BCUT2D eigenvalue weighted by Crippen LogP contribution is 2.58. The summed E-state index contributed by atoms with van der Waals surface area (Å²) in [5.41, 5.74) is 0.946. The topological polar surface area (TPSA) is 42.2 Å². The van der Waals surface area contributed by atoms with Crippen molar-refractivity contribution in [1.29, 1.82) is 5.26 Å². The van der Waals surface area contributed by atoms with Crippen LogP contribution in [-0.4, -0.2) is 21.0 Å². The Morgan fingerprint density at radius 3 is 2.48 bits per heavy atom. The number of ether oxygens (including phenoxy) is 1. The van der Waals surface area contributed by atoms with Gasteiger partial charge in [-0.1, -0.05) is 50.1 Å². The highest BCUT2D eigenvalue weighted by atomic mass is 28.4. The normalized spacial score (nSPS) is 33.9. The molecule has 0 heterocycles. The summed E-state index contributed by atoms with van der Waals surface area (Å²) in [6.45, 7) is 10.3. The van der Waals surface area contributed by atoms with E-state index in [1.165, 1.54) is 24.8 Å². The van der Waals surface area contributed by atoms with Crippen molar-refractivity contribution in [2.24, 2.45) is 16.7 Å². The van der Waals surface area contributed by atoms with Crippen LogP contribution >= 0.6 is 0 Å². The molecule has 148 valence electrons. The number of fused-ring (bicyclic) bond motifs is 1. The Balaban J connectivity index is 1.81. The summed E-state index contributed by atoms with van der Waals surface area (Å²) in [6, 6.07) is 13.0. The van der Waals surface area contributed by atoms with Gasteiger partial charge in [-0.25, -0.2) is 0 Å². The predicted octanol–water partition coefficient (Wildman–Crippen LogP) is 5.92. The first kappa shape index (κ1) is 20.6. The molecule has 3 rings (SSSR count). The van der Waals surface area contributed by atoms with E-state index in [1.54, 1.807) is 0 Å². The molecular formula is C23H35NO2Si. The fraction of sp³-hybridized carbons (Fsp3) is 0.696. The smallest absolute Gasteiger partial charge is 0.184 e. The lowest BCUT2D eigenvalue weighted by Crippen LogP contribution is -2.56. The maximum absolute atomic E-state index is 10.3. The highest BCUT2D eigenvalue weighted by Gasteiger charge is 2.57. The van der Waals surface area contributed by atoms with Crippen LogP contribution in [0.25, 0.3) is 0 Å². The minimum absolute atomic E-state index is 0.201. The van der Waals surface area contributed by atoms with Gasteiger partial charge in [-0.3, -0.25) is 0 Å². The minimum atomic E-state index is -1.66. The van der Waals surface area contributed by atoms with Gasteiger partial charge in [0.1, 0.15) is 0 Å². The Kier molecular flexibility index (Phi) is 6.15. The Morgan fingerprint density at radius 2 is 1.81 bits per heavy atom. The quantitative estimate of drug-likeness (QED) is 0.570. The third-order valence-electron chi connectivity index (χ3n) is 6.52. The first-order valence-corrected chi connectivity index (χ1v) is 13.9. The van der Waals surface area contributed by atoms with Crippen LogP contribution in [-0.2, 0) is 15.8 Å². The molecule has 4 atom stereocenters. The molecule has 2 aliphatic carbocycles. The zero-order valence-corrected chi connectivity index (χ0v) is 18.5. The lowest BCUT2D eigenvalue weighted by atomic mass is 9.50. The molecule has 1 aromatic carbocycles. The van der Waals surface area contributed by atoms with Gasteiger partial charge in [-0.15, -0.1) is 0 Å². The van der Waals surface area contributed by atoms with Gasteiger partial charge in [0.25, 0.3) is 0 Å². The van der Waals surface area contributed by atoms with Crippen molar-refractivity contribution in [1.82, 2.24) is 0 Å². The van der Waals surface area contributed by atoms with Crippen LogP contribution in [0.2, 0.25) is 19.6 Å². The zero-order chi connectivity index (χ0) is 19.5. The minimum Gasteiger partial charge on any atom is -0.414 e. The largest absolute Gasteiger partial charge is 0.414 e. The van der Waals surface area contributed by atoms with Crippen molar-refractivity contribution in [3.63, 3.8) is 0 Å². The third-order valence-corrected chi connectivity index (χ3v) is 7.53. The van der Waals surface area contributed by atoms with E-state index >= 15 is 0 Å². The number of nitrogens with zero attached hydrogens (tertiary/aromatic N) is 1. The molecule has 1 aromatic rings. The molecule has 0 saturated heterocycles. The molecule has 0 N–H and O–H groups in total. The molecule has 0 spiro atoms. The van der Waals surface area contributed by atoms with E-state index in [0.29, 0.717) is 13.2 Å². The zero-order valence-electron chi connectivity index (χ0n) is 17.5. The average molecular weight is 386 g/mol. The van der Waals surface area contributed by atoms with Crippen molar-refractivity contribution >= 4 is 8.32 Å². The highest BCUT2D eigenvalue weighted by molar-refractivity contribution is 6.69. The maximum atomic E-state index is 10.3. The molecule has 2 saturated carbocycles. The van der Waals surface area contributed by atoms with Gasteiger partial charge in [-0.2, -0.15) is 5.26 Å². The molecule has 0 aromatic heterocycles. The molecule has 3 nitrogen and oxygen atoms in total. The summed E-state index contributed by atoms with van der Waals surface area (Å²) in [5, 5.41) is 10.3. The second kappa shape index (κ2) is 8.07. The molecule has 2 fully saturated rings. The Bertz CT molecular complexity index is 661. The van der Waals surface area contributed by atoms with E-state index in [9.17, 15) is 5.26 Å². The van der Waals surface area contributed by atoms with E-state index in [2.05, 4.69) is 44.8 Å². The molecule has 27 heavy (non-hydrogen) atoms. The monoisotopic (exact) mass is 385 g/mol. The average Bonchev–Trinajstić information content (AvgIpc) is 2.61. The predicted molar refractivity (Wildman–Crippen MR) is 112 cm³/mol. The van der Waals surface area contributed by atoms with E-state index < -0.39 is 13.7 Å². The van der Waals surface area contributed by atoms with Crippen LogP contribution in [0, 0.1) is 28.1 Å². The van der Waals surface area contributed by atoms with Gasteiger partial charge in [0.15, 0.2) is 8.32 Å². The van der Waals surface area contributed by atoms with Gasteiger partial charge in [-0.05, 0) is 56.3 Å².